The number of rotatable bonds is 6. The molecular weight excluding hydrogens is 547 g/mol. The Hall–Kier alpha value is -3.72. The van der Waals surface area contributed by atoms with Gasteiger partial charge in [0.15, 0.2) is 10.1 Å². The second kappa shape index (κ2) is 10.9. The van der Waals surface area contributed by atoms with Crippen molar-refractivity contribution in [1.29, 1.82) is 5.26 Å². The van der Waals surface area contributed by atoms with E-state index in [0.717, 1.165) is 11.8 Å². The quantitative estimate of drug-likeness (QED) is 0.382. The number of hydrogen-bond acceptors (Lipinski definition) is 9. The van der Waals surface area contributed by atoms with Crippen molar-refractivity contribution in [2.24, 2.45) is 5.73 Å². The molecular formula is C26H20ClFN6O2S2. The SMILES string of the molecule is N#CC1=C(N)N(c2nnc(SCC(=O)Nc3ccccc3F)s2)C2=C(C(=O)CCC2)C1c1ccccc1Cl. The average molecular weight is 567 g/mol. The number of halogens is 2. The summed E-state index contributed by atoms with van der Waals surface area (Å²) in [4.78, 5) is 27.2. The fourth-order valence-electron chi connectivity index (χ4n) is 4.55. The molecule has 192 valence electrons. The largest absolute Gasteiger partial charge is 0.384 e. The highest BCUT2D eigenvalue weighted by Crippen LogP contribution is 2.48. The Kier molecular flexibility index (Phi) is 7.46. The number of nitrogens with one attached hydrogen (secondary N) is 1. The van der Waals surface area contributed by atoms with Crippen molar-refractivity contribution < 1.29 is 14.0 Å². The number of benzene rings is 2. The van der Waals surface area contributed by atoms with Crippen molar-refractivity contribution in [2.45, 2.75) is 29.5 Å². The number of anilines is 2. The topological polar surface area (TPSA) is 125 Å². The second-order valence-electron chi connectivity index (χ2n) is 8.50. The molecule has 3 N–H and O–H groups in total. The van der Waals surface area contributed by atoms with Crippen LogP contribution in [-0.4, -0.2) is 27.6 Å². The summed E-state index contributed by atoms with van der Waals surface area (Å²) in [6.07, 6.45) is 1.56. The van der Waals surface area contributed by atoms with Crippen LogP contribution in [0.15, 0.2) is 75.5 Å². The highest BCUT2D eigenvalue weighted by molar-refractivity contribution is 8.01. The molecule has 3 aromatic rings. The molecule has 0 saturated heterocycles. The van der Waals surface area contributed by atoms with Crippen molar-refractivity contribution >= 4 is 57.2 Å². The molecule has 12 heteroatoms. The number of ketones is 1. The highest BCUT2D eigenvalue weighted by Gasteiger charge is 2.41. The monoisotopic (exact) mass is 566 g/mol. The number of amides is 1. The van der Waals surface area contributed by atoms with Gasteiger partial charge >= 0.3 is 0 Å². The van der Waals surface area contributed by atoms with Crippen LogP contribution in [0.25, 0.3) is 0 Å². The molecule has 0 saturated carbocycles. The van der Waals surface area contributed by atoms with Crippen LogP contribution in [-0.2, 0) is 9.59 Å². The number of nitrogens with two attached hydrogens (primary N) is 1. The lowest BCUT2D eigenvalue weighted by atomic mass is 9.76. The number of carbonyl (C=O) groups is 2. The van der Waals surface area contributed by atoms with Gasteiger partial charge in [0, 0.05) is 22.7 Å². The first-order valence-electron chi connectivity index (χ1n) is 11.6. The van der Waals surface area contributed by atoms with Gasteiger partial charge in [-0.05, 0) is 36.6 Å². The number of Topliss-reactive ketones (excluding diaryl/α,β-unsaturated/α-hetero) is 1. The van der Waals surface area contributed by atoms with E-state index >= 15 is 0 Å². The number of allylic oxidation sites excluding steroid dienone is 3. The number of aromatic nitrogens is 2. The van der Waals surface area contributed by atoms with Crippen molar-refractivity contribution in [1.82, 2.24) is 10.2 Å². The Morgan fingerprint density at radius 3 is 2.76 bits per heavy atom. The number of nitrogens with zero attached hydrogens (tertiary/aromatic N) is 4. The molecule has 2 heterocycles. The second-order valence-corrected chi connectivity index (χ2v) is 11.1. The summed E-state index contributed by atoms with van der Waals surface area (Å²) in [5, 5.41) is 21.9. The van der Waals surface area contributed by atoms with E-state index in [2.05, 4.69) is 21.6 Å². The van der Waals surface area contributed by atoms with Gasteiger partial charge in [-0.15, -0.1) is 10.2 Å². The smallest absolute Gasteiger partial charge is 0.234 e. The third-order valence-electron chi connectivity index (χ3n) is 6.19. The van der Waals surface area contributed by atoms with Gasteiger partial charge in [-0.3, -0.25) is 14.5 Å². The lowest BCUT2D eigenvalue weighted by Gasteiger charge is -2.38. The van der Waals surface area contributed by atoms with Crippen LogP contribution >= 0.6 is 34.7 Å². The first-order valence-corrected chi connectivity index (χ1v) is 13.8. The van der Waals surface area contributed by atoms with Gasteiger partial charge in [0.05, 0.1) is 29.0 Å². The molecule has 38 heavy (non-hydrogen) atoms. The van der Waals surface area contributed by atoms with Crippen LogP contribution in [0, 0.1) is 17.1 Å². The Bertz CT molecular complexity index is 1550. The third kappa shape index (κ3) is 4.90. The van der Waals surface area contributed by atoms with E-state index in [1.54, 1.807) is 35.2 Å². The lowest BCUT2D eigenvalue weighted by Crippen LogP contribution is -2.38. The maximum Gasteiger partial charge on any atom is 0.234 e. The number of para-hydroxylation sites is 1. The molecule has 0 radical (unpaired) electrons. The summed E-state index contributed by atoms with van der Waals surface area (Å²) in [5.41, 5.74) is 8.67. The van der Waals surface area contributed by atoms with Crippen molar-refractivity contribution in [3.63, 3.8) is 0 Å². The van der Waals surface area contributed by atoms with E-state index < -0.39 is 17.6 Å². The molecule has 0 fully saturated rings. The Labute approximate surface area is 231 Å². The van der Waals surface area contributed by atoms with Crippen molar-refractivity contribution in [2.75, 3.05) is 16.0 Å². The summed E-state index contributed by atoms with van der Waals surface area (Å²) >= 11 is 8.81. The molecule has 0 bridgehead atoms. The van der Waals surface area contributed by atoms with Gasteiger partial charge in [0.25, 0.3) is 0 Å². The molecule has 8 nitrogen and oxygen atoms in total. The van der Waals surface area contributed by atoms with E-state index in [0.29, 0.717) is 50.6 Å². The van der Waals surface area contributed by atoms with Crippen molar-refractivity contribution in [3.05, 3.63) is 87.6 Å². The van der Waals surface area contributed by atoms with Crippen LogP contribution < -0.4 is 16.0 Å². The Morgan fingerprint density at radius 2 is 2.00 bits per heavy atom. The fourth-order valence-corrected chi connectivity index (χ4v) is 6.48. The molecule has 1 aliphatic carbocycles. The van der Waals surface area contributed by atoms with E-state index in [1.807, 2.05) is 6.07 Å². The van der Waals surface area contributed by atoms with Gasteiger partial charge in [-0.25, -0.2) is 4.39 Å². The maximum absolute atomic E-state index is 13.8. The molecule has 1 unspecified atom stereocenters. The number of nitriles is 1. The molecule has 1 atom stereocenters. The maximum atomic E-state index is 13.8. The molecule has 5 rings (SSSR count). The zero-order chi connectivity index (χ0) is 26.8. The normalized spacial score (nSPS) is 17.3. The lowest BCUT2D eigenvalue weighted by molar-refractivity contribution is -0.116. The van der Waals surface area contributed by atoms with Crippen LogP contribution in [0.1, 0.15) is 30.7 Å². The fraction of sp³-hybridized carbons (Fsp3) is 0.192. The van der Waals surface area contributed by atoms with Gasteiger partial charge in [0.1, 0.15) is 11.6 Å². The highest BCUT2D eigenvalue weighted by atomic mass is 35.5. The number of thioether (sulfide) groups is 1. The minimum absolute atomic E-state index is 0.0151. The summed E-state index contributed by atoms with van der Waals surface area (Å²) < 4.78 is 14.3. The van der Waals surface area contributed by atoms with Crippen LogP contribution in [0.3, 0.4) is 0 Å². The minimum Gasteiger partial charge on any atom is -0.384 e. The minimum atomic E-state index is -0.670. The molecule has 1 aromatic heterocycles. The summed E-state index contributed by atoms with van der Waals surface area (Å²) in [7, 11) is 0. The number of hydrogen-bond donors (Lipinski definition) is 2. The zero-order valence-electron chi connectivity index (χ0n) is 19.8. The van der Waals surface area contributed by atoms with E-state index in [9.17, 15) is 19.2 Å². The predicted molar refractivity (Wildman–Crippen MR) is 145 cm³/mol. The molecule has 1 amide bonds. The Morgan fingerprint density at radius 1 is 1.24 bits per heavy atom. The Balaban J connectivity index is 1.44. The zero-order valence-corrected chi connectivity index (χ0v) is 22.2. The molecule has 0 spiro atoms. The number of carbonyl (C=O) groups excluding carboxylic acids is 2. The first-order chi connectivity index (χ1) is 18.4. The van der Waals surface area contributed by atoms with Gasteiger partial charge in [-0.2, -0.15) is 5.26 Å². The van der Waals surface area contributed by atoms with E-state index in [4.69, 9.17) is 17.3 Å². The third-order valence-corrected chi connectivity index (χ3v) is 8.58. The molecule has 2 aromatic carbocycles. The first kappa shape index (κ1) is 25.9. The van der Waals surface area contributed by atoms with Crippen LogP contribution in [0.5, 0.6) is 0 Å². The van der Waals surface area contributed by atoms with Gasteiger partial charge < -0.3 is 11.1 Å². The van der Waals surface area contributed by atoms with Crippen LogP contribution in [0.2, 0.25) is 5.02 Å². The summed E-state index contributed by atoms with van der Waals surface area (Å²) in [6.45, 7) is 0. The van der Waals surface area contributed by atoms with Crippen LogP contribution in [0.4, 0.5) is 15.2 Å². The average Bonchev–Trinajstić information content (AvgIpc) is 3.37. The molecule has 1 aliphatic heterocycles. The van der Waals surface area contributed by atoms with E-state index in [1.165, 1.54) is 23.5 Å². The standard InChI is InChI=1S/C26H20ClFN6O2S2/c27-16-7-2-1-6-14(16)22-15(12-29)24(30)34(19-10-5-11-20(35)23(19)22)25-32-33-26(38-25)37-13-21(36)31-18-9-4-3-8-17(18)28/h1-4,6-9,22H,5,10-11,13,30H2,(H,31,36). The summed E-state index contributed by atoms with van der Waals surface area (Å²) in [5.74, 6) is -1.51. The van der Waals surface area contributed by atoms with E-state index in [-0.39, 0.29) is 28.6 Å². The van der Waals surface area contributed by atoms with Gasteiger partial charge in [-0.1, -0.05) is 65.0 Å². The summed E-state index contributed by atoms with van der Waals surface area (Å²) in [6, 6.07) is 15.2. The van der Waals surface area contributed by atoms with Crippen molar-refractivity contribution in [3.8, 4) is 6.07 Å². The molecule has 2 aliphatic rings. The van der Waals surface area contributed by atoms with Gasteiger partial charge in [0.2, 0.25) is 11.0 Å². The predicted octanol–water partition coefficient (Wildman–Crippen LogP) is 5.37.